The van der Waals surface area contributed by atoms with E-state index in [0.717, 1.165) is 24.6 Å². The first-order valence-electron chi connectivity index (χ1n) is 8.54. The maximum Gasteiger partial charge on any atom is 0.240 e. The fraction of sp³-hybridized carbons (Fsp3) is 0.389. The lowest BCUT2D eigenvalue weighted by Crippen LogP contribution is -2.39. The second-order valence-electron chi connectivity index (χ2n) is 5.84. The van der Waals surface area contributed by atoms with Crippen molar-refractivity contribution in [2.75, 3.05) is 20.1 Å². The van der Waals surface area contributed by atoms with Gasteiger partial charge in [0.15, 0.2) is 5.96 Å². The van der Waals surface area contributed by atoms with Crippen molar-refractivity contribution in [3.63, 3.8) is 0 Å². The highest BCUT2D eigenvalue weighted by Gasteiger charge is 2.10. The lowest BCUT2D eigenvalue weighted by atomic mass is 10.1. The summed E-state index contributed by atoms with van der Waals surface area (Å²) >= 11 is 1.76. The Hall–Kier alpha value is -1.17. The molecule has 0 amide bonds. The lowest BCUT2D eigenvalue weighted by molar-refractivity contribution is 0.588. The number of nitrogens with one attached hydrogen (secondary N) is 3. The summed E-state index contributed by atoms with van der Waals surface area (Å²) in [6.07, 6.45) is 0. The number of guanidine groups is 1. The Morgan fingerprint density at radius 3 is 2.44 bits per heavy atom. The third kappa shape index (κ3) is 7.40. The Morgan fingerprint density at radius 2 is 1.89 bits per heavy atom. The molecule has 0 aliphatic rings. The molecule has 1 aromatic heterocycles. The van der Waals surface area contributed by atoms with E-state index in [9.17, 15) is 8.42 Å². The number of aliphatic imine (C=N–C) groups is 1. The molecule has 1 unspecified atom stereocenters. The maximum absolute atomic E-state index is 11.8. The predicted octanol–water partition coefficient (Wildman–Crippen LogP) is 3.13. The Bertz CT molecular complexity index is 806. The number of thiophene rings is 1. The van der Waals surface area contributed by atoms with Crippen LogP contribution < -0.4 is 15.4 Å². The van der Waals surface area contributed by atoms with Gasteiger partial charge in [0, 0.05) is 23.9 Å². The van der Waals surface area contributed by atoms with Gasteiger partial charge >= 0.3 is 0 Å². The van der Waals surface area contributed by atoms with Gasteiger partial charge in [-0.15, -0.1) is 35.3 Å². The van der Waals surface area contributed by atoms with Crippen LogP contribution in [0.1, 0.15) is 30.2 Å². The van der Waals surface area contributed by atoms with E-state index < -0.39 is 10.0 Å². The van der Waals surface area contributed by atoms with Crippen LogP contribution in [0.5, 0.6) is 0 Å². The zero-order chi connectivity index (χ0) is 19.0. The molecule has 0 saturated heterocycles. The molecule has 0 radical (unpaired) electrons. The first-order chi connectivity index (χ1) is 12.5. The number of nitrogens with zero attached hydrogens (tertiary/aromatic N) is 1. The van der Waals surface area contributed by atoms with Crippen LogP contribution in [0.15, 0.2) is 51.7 Å². The van der Waals surface area contributed by atoms with Crippen LogP contribution in [0.25, 0.3) is 0 Å². The number of sulfonamides is 1. The quantitative estimate of drug-likeness (QED) is 0.283. The number of rotatable bonds is 8. The zero-order valence-corrected chi connectivity index (χ0v) is 19.7. The van der Waals surface area contributed by atoms with Gasteiger partial charge < -0.3 is 10.6 Å². The average molecular weight is 522 g/mol. The van der Waals surface area contributed by atoms with Crippen molar-refractivity contribution in [2.45, 2.75) is 31.2 Å². The van der Waals surface area contributed by atoms with E-state index in [-0.39, 0.29) is 28.9 Å². The summed E-state index contributed by atoms with van der Waals surface area (Å²) in [4.78, 5) is 6.18. The minimum Gasteiger partial charge on any atom is -0.357 e. The fourth-order valence-electron chi connectivity index (χ4n) is 2.33. The molecule has 1 heterocycles. The molecule has 0 aliphatic heterocycles. The SMILES string of the molecule is CCNC(=NCc1ccc(S(=O)(=O)NC)cc1)NCC(C)c1cccs1.I. The smallest absolute Gasteiger partial charge is 0.240 e. The molecule has 150 valence electrons. The first-order valence-corrected chi connectivity index (χ1v) is 10.9. The van der Waals surface area contributed by atoms with E-state index >= 15 is 0 Å². The van der Waals surface area contributed by atoms with Crippen LogP contribution >= 0.6 is 35.3 Å². The Morgan fingerprint density at radius 1 is 1.19 bits per heavy atom. The molecule has 1 aromatic carbocycles. The predicted molar refractivity (Wildman–Crippen MR) is 124 cm³/mol. The van der Waals surface area contributed by atoms with Crippen LogP contribution in [0.3, 0.4) is 0 Å². The van der Waals surface area contributed by atoms with Crippen LogP contribution in [-0.2, 0) is 16.6 Å². The lowest BCUT2D eigenvalue weighted by Gasteiger charge is -2.15. The first kappa shape index (κ1) is 23.9. The Kier molecular flexibility index (Phi) is 10.3. The van der Waals surface area contributed by atoms with Crippen LogP contribution in [-0.4, -0.2) is 34.5 Å². The van der Waals surface area contributed by atoms with Crippen molar-refractivity contribution in [1.82, 2.24) is 15.4 Å². The molecule has 6 nitrogen and oxygen atoms in total. The second-order valence-corrected chi connectivity index (χ2v) is 8.71. The minimum absolute atomic E-state index is 0. The molecule has 9 heteroatoms. The number of benzene rings is 1. The number of halogens is 1. The summed E-state index contributed by atoms with van der Waals surface area (Å²) in [6.45, 7) is 6.26. The second kappa shape index (κ2) is 11.6. The average Bonchev–Trinajstić information content (AvgIpc) is 3.19. The molecule has 27 heavy (non-hydrogen) atoms. The zero-order valence-electron chi connectivity index (χ0n) is 15.7. The van der Waals surface area contributed by atoms with Crippen molar-refractivity contribution >= 4 is 51.3 Å². The highest BCUT2D eigenvalue weighted by molar-refractivity contribution is 14.0. The standard InChI is InChI=1S/C18H26N4O2S2.HI/c1-4-20-18(21-12-14(2)17-6-5-11-25-17)22-13-15-7-9-16(10-8-15)26(23,24)19-3;/h5-11,14,19H,4,12-13H2,1-3H3,(H2,20,21,22);1H. The minimum atomic E-state index is -3.40. The van der Waals surface area contributed by atoms with Gasteiger partial charge in [-0.3, -0.25) is 0 Å². The van der Waals surface area contributed by atoms with Crippen molar-refractivity contribution in [2.24, 2.45) is 4.99 Å². The van der Waals surface area contributed by atoms with E-state index in [2.05, 4.69) is 44.8 Å². The molecule has 0 aliphatic carbocycles. The van der Waals surface area contributed by atoms with Gasteiger partial charge in [0.1, 0.15) is 0 Å². The molecule has 2 rings (SSSR count). The molecule has 3 N–H and O–H groups in total. The van der Waals surface area contributed by atoms with Crippen molar-refractivity contribution in [1.29, 1.82) is 0 Å². The van der Waals surface area contributed by atoms with Gasteiger partial charge in [0.05, 0.1) is 11.4 Å². The van der Waals surface area contributed by atoms with Crippen molar-refractivity contribution in [3.05, 3.63) is 52.2 Å². The Labute approximate surface area is 182 Å². The normalized spacial score (nSPS) is 12.9. The fourth-order valence-corrected chi connectivity index (χ4v) is 3.84. The van der Waals surface area contributed by atoms with E-state index in [1.807, 2.05) is 6.92 Å². The van der Waals surface area contributed by atoms with Crippen LogP contribution in [0, 0.1) is 0 Å². The van der Waals surface area contributed by atoms with E-state index in [0.29, 0.717) is 12.5 Å². The highest BCUT2D eigenvalue weighted by atomic mass is 127. The molecule has 0 spiro atoms. The van der Waals surface area contributed by atoms with Crippen molar-refractivity contribution < 1.29 is 8.42 Å². The molecular formula is C18H27IN4O2S2. The monoisotopic (exact) mass is 522 g/mol. The molecule has 0 bridgehead atoms. The highest BCUT2D eigenvalue weighted by Crippen LogP contribution is 2.19. The molecular weight excluding hydrogens is 495 g/mol. The molecule has 0 fully saturated rings. The van der Waals surface area contributed by atoms with Gasteiger partial charge in [-0.2, -0.15) is 0 Å². The van der Waals surface area contributed by atoms with E-state index in [1.54, 1.807) is 35.6 Å². The van der Waals surface area contributed by atoms with Gasteiger partial charge in [-0.25, -0.2) is 18.1 Å². The van der Waals surface area contributed by atoms with Gasteiger partial charge in [-0.1, -0.05) is 25.1 Å². The van der Waals surface area contributed by atoms with Gasteiger partial charge in [0.2, 0.25) is 10.0 Å². The van der Waals surface area contributed by atoms with E-state index in [4.69, 9.17) is 0 Å². The largest absolute Gasteiger partial charge is 0.357 e. The number of hydrogen-bond donors (Lipinski definition) is 3. The Balaban J connectivity index is 0.00000364. The summed E-state index contributed by atoms with van der Waals surface area (Å²) in [5, 5.41) is 8.68. The summed E-state index contributed by atoms with van der Waals surface area (Å²) in [5.41, 5.74) is 0.948. The third-order valence-electron chi connectivity index (χ3n) is 3.87. The summed E-state index contributed by atoms with van der Waals surface area (Å²) in [7, 11) is -2.00. The molecule has 2 aromatic rings. The maximum atomic E-state index is 11.8. The number of hydrogen-bond acceptors (Lipinski definition) is 4. The molecule has 1 atom stereocenters. The van der Waals surface area contributed by atoms with Crippen molar-refractivity contribution in [3.8, 4) is 0 Å². The third-order valence-corrected chi connectivity index (χ3v) is 6.40. The summed E-state index contributed by atoms with van der Waals surface area (Å²) in [5.74, 6) is 1.16. The van der Waals surface area contributed by atoms with E-state index in [1.165, 1.54) is 11.9 Å². The topological polar surface area (TPSA) is 82.6 Å². The summed E-state index contributed by atoms with van der Waals surface area (Å²) < 4.78 is 25.8. The summed E-state index contributed by atoms with van der Waals surface area (Å²) in [6, 6.07) is 11.0. The van der Waals surface area contributed by atoms with Gasteiger partial charge in [0.25, 0.3) is 0 Å². The van der Waals surface area contributed by atoms with Crippen LogP contribution in [0.2, 0.25) is 0 Å². The van der Waals surface area contributed by atoms with Crippen LogP contribution in [0.4, 0.5) is 0 Å². The molecule has 0 saturated carbocycles. The van der Waals surface area contributed by atoms with Gasteiger partial charge in [-0.05, 0) is 43.1 Å².